The average Bonchev–Trinajstić information content (AvgIpc) is 3.74. The molecule has 0 radical (unpaired) electrons. The van der Waals surface area contributed by atoms with E-state index in [4.69, 9.17) is 14.4 Å². The third kappa shape index (κ3) is 4.27. The molecule has 4 aromatic carbocycles. The Hall–Kier alpha value is -6.13. The summed E-state index contributed by atoms with van der Waals surface area (Å²) in [5, 5.41) is 7.83. The van der Waals surface area contributed by atoms with Gasteiger partial charge in [-0.25, -0.2) is 4.98 Å². The molecule has 0 N–H and O–H groups in total. The number of hydrogen-bond acceptors (Lipinski definition) is 4. The molecule has 0 amide bonds. The highest BCUT2D eigenvalue weighted by molar-refractivity contribution is 6.24. The van der Waals surface area contributed by atoms with E-state index in [1.54, 1.807) is 0 Å². The van der Waals surface area contributed by atoms with Crippen LogP contribution in [-0.4, -0.2) is 15.0 Å². The first-order chi connectivity index (χ1) is 24.2. The number of aromatic nitrogens is 3. The highest BCUT2D eigenvalue weighted by Crippen LogP contribution is 2.56. The summed E-state index contributed by atoms with van der Waals surface area (Å²) in [6.45, 7) is 6.40. The normalized spacial score (nSPS) is 19.3. The van der Waals surface area contributed by atoms with Crippen molar-refractivity contribution in [1.29, 1.82) is 0 Å². The van der Waals surface area contributed by atoms with Gasteiger partial charge in [-0.05, 0) is 77.3 Å². The Morgan fingerprint density at radius 2 is 1.55 bits per heavy atom. The van der Waals surface area contributed by atoms with Crippen LogP contribution >= 0.6 is 0 Å². The maximum atomic E-state index is 6.53. The lowest BCUT2D eigenvalue weighted by Crippen LogP contribution is -1.95. The fourth-order valence-corrected chi connectivity index (χ4v) is 8.06. The van der Waals surface area contributed by atoms with Crippen molar-refractivity contribution in [3.05, 3.63) is 163 Å². The molecule has 4 heteroatoms. The molecule has 2 unspecified atom stereocenters. The first-order valence-electron chi connectivity index (χ1n) is 16.8. The molecule has 1 saturated carbocycles. The number of para-hydroxylation sites is 2. The third-order valence-corrected chi connectivity index (χ3v) is 10.5. The molecule has 0 bridgehead atoms. The van der Waals surface area contributed by atoms with Crippen LogP contribution < -0.4 is 0 Å². The average molecular weight is 630 g/mol. The van der Waals surface area contributed by atoms with Crippen LogP contribution in [0.15, 0.2) is 156 Å². The highest BCUT2D eigenvalue weighted by Gasteiger charge is 2.49. The van der Waals surface area contributed by atoms with Crippen molar-refractivity contribution in [2.24, 2.45) is 17.8 Å². The summed E-state index contributed by atoms with van der Waals surface area (Å²) in [5.41, 5.74) is 10.4. The topological polar surface area (TPSA) is 51.8 Å². The van der Waals surface area contributed by atoms with E-state index in [0.717, 1.165) is 76.7 Å². The van der Waals surface area contributed by atoms with E-state index in [2.05, 4.69) is 122 Å². The number of allylic oxidation sites excluding steroid dienone is 9. The van der Waals surface area contributed by atoms with Gasteiger partial charge >= 0.3 is 0 Å². The van der Waals surface area contributed by atoms with Gasteiger partial charge in [0.2, 0.25) is 0 Å². The molecule has 4 aromatic heterocycles. The summed E-state index contributed by atoms with van der Waals surface area (Å²) >= 11 is 0. The first kappa shape index (κ1) is 27.9. The standard InChI is InChI=1S/C45H31N3O/c1-3-27(15-14-26(2)30-22-24-47-44-33(30)19-16-28-9-8-23-46-43(28)44)40-32-18-17-29(25-37(32)40)42-36-21-20-34-31-10-5-7-13-39(31)49-45(34)41(36)35-11-4-6-12-38(35)48-42/h3-25,32,37,40H,1H2,2H3/b26-14+,27-15+/t32-,37?,40?/m1/s1. The number of rotatable bonds is 5. The van der Waals surface area contributed by atoms with Crippen molar-refractivity contribution in [2.75, 3.05) is 0 Å². The Bertz CT molecular complexity index is 2830. The van der Waals surface area contributed by atoms with Crippen molar-refractivity contribution in [3.63, 3.8) is 0 Å². The summed E-state index contributed by atoms with van der Waals surface area (Å²) in [6.07, 6.45) is 17.3. The Labute approximate surface area is 283 Å². The van der Waals surface area contributed by atoms with E-state index in [1.165, 1.54) is 16.7 Å². The summed E-state index contributed by atoms with van der Waals surface area (Å²) < 4.78 is 6.53. The molecular formula is C45H31N3O. The van der Waals surface area contributed by atoms with Crippen LogP contribution in [0, 0.1) is 17.8 Å². The van der Waals surface area contributed by atoms with Gasteiger partial charge in [0, 0.05) is 50.1 Å². The minimum atomic E-state index is 0.381. The molecule has 10 rings (SSSR count). The zero-order valence-electron chi connectivity index (χ0n) is 27.0. The number of benzene rings is 4. The zero-order valence-corrected chi connectivity index (χ0v) is 27.0. The Morgan fingerprint density at radius 3 is 2.47 bits per heavy atom. The minimum Gasteiger partial charge on any atom is -0.455 e. The quantitative estimate of drug-likeness (QED) is 0.140. The number of pyridine rings is 3. The molecule has 232 valence electrons. The van der Waals surface area contributed by atoms with Crippen LogP contribution in [0.5, 0.6) is 0 Å². The molecule has 4 heterocycles. The Morgan fingerprint density at radius 1 is 0.735 bits per heavy atom. The molecule has 0 saturated heterocycles. The van der Waals surface area contributed by atoms with Gasteiger partial charge in [-0.1, -0.05) is 104 Å². The Kier molecular flexibility index (Phi) is 6.10. The maximum absolute atomic E-state index is 6.53. The predicted octanol–water partition coefficient (Wildman–Crippen LogP) is 11.4. The molecule has 1 fully saturated rings. The van der Waals surface area contributed by atoms with Gasteiger partial charge in [-0.2, -0.15) is 0 Å². The summed E-state index contributed by atoms with van der Waals surface area (Å²) in [5.74, 6) is 1.23. The fraction of sp³-hybridized carbons (Fsp3) is 0.0889. The van der Waals surface area contributed by atoms with Crippen LogP contribution in [0.1, 0.15) is 18.2 Å². The van der Waals surface area contributed by atoms with Crippen LogP contribution in [0.2, 0.25) is 0 Å². The molecule has 4 nitrogen and oxygen atoms in total. The van der Waals surface area contributed by atoms with Crippen molar-refractivity contribution in [2.45, 2.75) is 6.92 Å². The SMILES string of the molecule is C=C/C(=C\C=C(/C)c1ccnc2c1ccc1cccnc12)C1C2C=C(c3nc4ccccc4c4c3ccc3c5ccccc5oc34)C=C[C@H]21. The van der Waals surface area contributed by atoms with E-state index < -0.39 is 0 Å². The van der Waals surface area contributed by atoms with Crippen molar-refractivity contribution in [1.82, 2.24) is 15.0 Å². The van der Waals surface area contributed by atoms with Crippen LogP contribution in [-0.2, 0) is 0 Å². The molecule has 0 spiro atoms. The lowest BCUT2D eigenvalue weighted by Gasteiger charge is -2.12. The molecule has 2 aliphatic rings. The van der Waals surface area contributed by atoms with Crippen LogP contribution in [0.3, 0.4) is 0 Å². The largest absolute Gasteiger partial charge is 0.455 e. The van der Waals surface area contributed by atoms with Gasteiger partial charge < -0.3 is 4.42 Å². The van der Waals surface area contributed by atoms with Crippen molar-refractivity contribution < 1.29 is 4.42 Å². The second-order valence-electron chi connectivity index (χ2n) is 13.2. The fourth-order valence-electron chi connectivity index (χ4n) is 8.06. The molecule has 3 atom stereocenters. The van der Waals surface area contributed by atoms with E-state index in [9.17, 15) is 0 Å². The number of furan rings is 1. The first-order valence-corrected chi connectivity index (χ1v) is 16.8. The zero-order chi connectivity index (χ0) is 32.6. The lowest BCUT2D eigenvalue weighted by molar-refractivity contribution is 0.673. The molecule has 49 heavy (non-hydrogen) atoms. The van der Waals surface area contributed by atoms with Crippen LogP contribution in [0.4, 0.5) is 0 Å². The molecule has 8 aromatic rings. The monoisotopic (exact) mass is 629 g/mol. The van der Waals surface area contributed by atoms with Crippen molar-refractivity contribution >= 4 is 76.6 Å². The maximum Gasteiger partial charge on any atom is 0.144 e. The number of nitrogens with zero attached hydrogens (tertiary/aromatic N) is 3. The van der Waals surface area contributed by atoms with Crippen LogP contribution in [0.25, 0.3) is 76.6 Å². The second-order valence-corrected chi connectivity index (χ2v) is 13.2. The van der Waals surface area contributed by atoms with Gasteiger partial charge in [0.25, 0.3) is 0 Å². The Balaban J connectivity index is 1.03. The molecular weight excluding hydrogens is 599 g/mol. The van der Waals surface area contributed by atoms with Gasteiger partial charge in [0.05, 0.1) is 22.2 Å². The van der Waals surface area contributed by atoms with E-state index in [-0.39, 0.29) is 0 Å². The van der Waals surface area contributed by atoms with E-state index in [1.807, 2.05) is 36.7 Å². The minimum absolute atomic E-state index is 0.381. The number of hydrogen-bond donors (Lipinski definition) is 0. The van der Waals surface area contributed by atoms with E-state index >= 15 is 0 Å². The highest BCUT2D eigenvalue weighted by atomic mass is 16.3. The second kappa shape index (κ2) is 10.7. The summed E-state index contributed by atoms with van der Waals surface area (Å²) in [4.78, 5) is 14.6. The summed E-state index contributed by atoms with van der Waals surface area (Å²) in [6, 6.07) is 31.5. The van der Waals surface area contributed by atoms with E-state index in [0.29, 0.717) is 17.8 Å². The lowest BCUT2D eigenvalue weighted by atomic mass is 9.95. The number of fused-ring (bicyclic) bond motifs is 11. The van der Waals surface area contributed by atoms with Gasteiger partial charge in [-0.3, -0.25) is 9.97 Å². The smallest absolute Gasteiger partial charge is 0.144 e. The predicted molar refractivity (Wildman–Crippen MR) is 203 cm³/mol. The third-order valence-electron chi connectivity index (χ3n) is 10.5. The van der Waals surface area contributed by atoms with Gasteiger partial charge in [0.1, 0.15) is 11.2 Å². The molecule has 2 aliphatic carbocycles. The molecule has 0 aliphatic heterocycles. The van der Waals surface area contributed by atoms with Gasteiger partial charge in [-0.15, -0.1) is 0 Å². The summed E-state index contributed by atoms with van der Waals surface area (Å²) in [7, 11) is 0. The van der Waals surface area contributed by atoms with Crippen molar-refractivity contribution in [3.8, 4) is 0 Å². The van der Waals surface area contributed by atoms with Gasteiger partial charge in [0.15, 0.2) is 0 Å².